The van der Waals surface area contributed by atoms with Gasteiger partial charge < -0.3 is 5.73 Å². The van der Waals surface area contributed by atoms with E-state index in [9.17, 15) is 0 Å². The number of hydrogen-bond acceptors (Lipinski definition) is 4. The highest BCUT2D eigenvalue weighted by Gasteiger charge is 2.06. The summed E-state index contributed by atoms with van der Waals surface area (Å²) in [5.74, 6) is 0. The smallest absolute Gasteiger partial charge is 0.188 e. The normalized spacial score (nSPS) is 12.6. The molecule has 1 unspecified atom stereocenters. The standard InChI is InChI=1S/C11H13ClN4S/c1-7(13)4-8-2-3-9(5-10(8)12)17-11-14-6-15-16-11/h2-3,5-7H,4,13H2,1H3,(H,14,15,16). The van der Waals surface area contributed by atoms with E-state index in [1.807, 2.05) is 25.1 Å². The number of halogens is 1. The van der Waals surface area contributed by atoms with Gasteiger partial charge in [-0.05, 0) is 31.0 Å². The van der Waals surface area contributed by atoms with Crippen LogP contribution in [0.15, 0.2) is 34.6 Å². The Kier molecular flexibility index (Phi) is 4.04. The zero-order valence-corrected chi connectivity index (χ0v) is 10.9. The summed E-state index contributed by atoms with van der Waals surface area (Å²) in [6.45, 7) is 1.97. The number of nitrogens with zero attached hydrogens (tertiary/aromatic N) is 2. The average molecular weight is 269 g/mol. The van der Waals surface area contributed by atoms with E-state index in [0.29, 0.717) is 0 Å². The molecule has 0 fully saturated rings. The van der Waals surface area contributed by atoms with E-state index in [0.717, 1.165) is 27.1 Å². The zero-order valence-electron chi connectivity index (χ0n) is 9.35. The maximum absolute atomic E-state index is 6.20. The molecule has 3 N–H and O–H groups in total. The summed E-state index contributed by atoms with van der Waals surface area (Å²) < 4.78 is 0. The Balaban J connectivity index is 2.13. The lowest BCUT2D eigenvalue weighted by atomic mass is 10.1. The van der Waals surface area contributed by atoms with Gasteiger partial charge in [-0.2, -0.15) is 5.10 Å². The highest BCUT2D eigenvalue weighted by atomic mass is 35.5. The lowest BCUT2D eigenvalue weighted by molar-refractivity contribution is 0.738. The largest absolute Gasteiger partial charge is 0.328 e. The van der Waals surface area contributed by atoms with Gasteiger partial charge in [0.25, 0.3) is 0 Å². The third-order valence-corrected chi connectivity index (χ3v) is 3.41. The fourth-order valence-corrected chi connectivity index (χ4v) is 2.52. The van der Waals surface area contributed by atoms with Crippen molar-refractivity contribution in [3.8, 4) is 0 Å². The average Bonchev–Trinajstić information content (AvgIpc) is 2.74. The fourth-order valence-electron chi connectivity index (χ4n) is 1.46. The van der Waals surface area contributed by atoms with E-state index in [-0.39, 0.29) is 6.04 Å². The predicted molar refractivity (Wildman–Crippen MR) is 69.3 cm³/mol. The van der Waals surface area contributed by atoms with Crippen molar-refractivity contribution in [2.24, 2.45) is 5.73 Å². The Morgan fingerprint density at radius 2 is 2.35 bits per heavy atom. The van der Waals surface area contributed by atoms with Crippen LogP contribution >= 0.6 is 23.4 Å². The van der Waals surface area contributed by atoms with Crippen LogP contribution in [0, 0.1) is 0 Å². The quantitative estimate of drug-likeness (QED) is 0.894. The summed E-state index contributed by atoms with van der Waals surface area (Å²) in [6, 6.07) is 6.05. The van der Waals surface area contributed by atoms with Gasteiger partial charge in [0.2, 0.25) is 0 Å². The molecular formula is C11H13ClN4S. The molecule has 0 amide bonds. The molecule has 0 aliphatic heterocycles. The summed E-state index contributed by atoms with van der Waals surface area (Å²) in [4.78, 5) is 5.07. The van der Waals surface area contributed by atoms with Crippen molar-refractivity contribution in [3.05, 3.63) is 35.1 Å². The molecule has 0 aliphatic rings. The molecule has 0 radical (unpaired) electrons. The Bertz CT molecular complexity index is 484. The minimum Gasteiger partial charge on any atom is -0.328 e. The lowest BCUT2D eigenvalue weighted by Crippen LogP contribution is -2.17. The lowest BCUT2D eigenvalue weighted by Gasteiger charge is -2.08. The summed E-state index contributed by atoms with van der Waals surface area (Å²) in [6.07, 6.45) is 2.26. The second-order valence-corrected chi connectivity index (χ2v) is 5.30. The monoisotopic (exact) mass is 268 g/mol. The van der Waals surface area contributed by atoms with E-state index < -0.39 is 0 Å². The Labute approximate surface area is 109 Å². The third kappa shape index (κ3) is 3.46. The van der Waals surface area contributed by atoms with E-state index >= 15 is 0 Å². The minimum atomic E-state index is 0.111. The summed E-state index contributed by atoms with van der Waals surface area (Å²) in [5, 5.41) is 8.08. The molecule has 4 nitrogen and oxygen atoms in total. The summed E-state index contributed by atoms with van der Waals surface area (Å²) in [5.41, 5.74) is 6.83. The van der Waals surface area contributed by atoms with Crippen LogP contribution in [0.4, 0.5) is 0 Å². The minimum absolute atomic E-state index is 0.111. The molecule has 1 heterocycles. The van der Waals surface area contributed by atoms with Gasteiger partial charge in [-0.1, -0.05) is 29.4 Å². The molecule has 2 rings (SSSR count). The fraction of sp³-hybridized carbons (Fsp3) is 0.273. The molecule has 0 aliphatic carbocycles. The van der Waals surface area contributed by atoms with E-state index in [2.05, 4.69) is 15.2 Å². The van der Waals surface area contributed by atoms with Crippen LogP contribution in [0.25, 0.3) is 0 Å². The first-order valence-electron chi connectivity index (χ1n) is 5.22. The van der Waals surface area contributed by atoms with Gasteiger partial charge in [-0.25, -0.2) is 4.98 Å². The topological polar surface area (TPSA) is 67.6 Å². The number of H-pyrrole nitrogens is 1. The molecule has 0 spiro atoms. The molecule has 90 valence electrons. The highest BCUT2D eigenvalue weighted by molar-refractivity contribution is 7.99. The summed E-state index contributed by atoms with van der Waals surface area (Å²) >= 11 is 7.69. The third-order valence-electron chi connectivity index (χ3n) is 2.17. The van der Waals surface area contributed by atoms with Crippen LogP contribution in [-0.2, 0) is 6.42 Å². The Morgan fingerprint density at radius 1 is 1.53 bits per heavy atom. The number of nitrogens with two attached hydrogens (primary N) is 1. The van der Waals surface area contributed by atoms with Crippen molar-refractivity contribution in [2.45, 2.75) is 29.4 Å². The molecule has 1 aromatic carbocycles. The molecule has 2 aromatic rings. The van der Waals surface area contributed by atoms with Crippen molar-refractivity contribution in [3.63, 3.8) is 0 Å². The number of aromatic nitrogens is 3. The molecule has 17 heavy (non-hydrogen) atoms. The van der Waals surface area contributed by atoms with Crippen LogP contribution in [0.3, 0.4) is 0 Å². The first-order chi connectivity index (χ1) is 8.15. The number of hydrogen-bond donors (Lipinski definition) is 2. The van der Waals surface area contributed by atoms with Gasteiger partial charge in [0.05, 0.1) is 0 Å². The second kappa shape index (κ2) is 5.53. The number of benzene rings is 1. The second-order valence-electron chi connectivity index (χ2n) is 3.83. The van der Waals surface area contributed by atoms with E-state index in [1.165, 1.54) is 18.1 Å². The number of rotatable bonds is 4. The van der Waals surface area contributed by atoms with Gasteiger partial charge in [-0.3, -0.25) is 5.10 Å². The SMILES string of the molecule is CC(N)Cc1ccc(Sc2ncn[nH]2)cc1Cl. The first kappa shape index (κ1) is 12.4. The van der Waals surface area contributed by atoms with Crippen molar-refractivity contribution < 1.29 is 0 Å². The van der Waals surface area contributed by atoms with Crippen LogP contribution in [0.2, 0.25) is 5.02 Å². The summed E-state index contributed by atoms with van der Waals surface area (Å²) in [7, 11) is 0. The van der Waals surface area contributed by atoms with Crippen LogP contribution < -0.4 is 5.73 Å². The van der Waals surface area contributed by atoms with Crippen molar-refractivity contribution >= 4 is 23.4 Å². The van der Waals surface area contributed by atoms with Gasteiger partial charge in [0.15, 0.2) is 5.16 Å². The van der Waals surface area contributed by atoms with Gasteiger partial charge in [0.1, 0.15) is 6.33 Å². The van der Waals surface area contributed by atoms with E-state index in [1.54, 1.807) is 0 Å². The maximum Gasteiger partial charge on any atom is 0.188 e. The van der Waals surface area contributed by atoms with E-state index in [4.69, 9.17) is 17.3 Å². The van der Waals surface area contributed by atoms with Crippen LogP contribution in [-0.4, -0.2) is 21.2 Å². The van der Waals surface area contributed by atoms with Crippen molar-refractivity contribution in [1.29, 1.82) is 0 Å². The number of aromatic amines is 1. The predicted octanol–water partition coefficient (Wildman–Crippen LogP) is 2.50. The maximum atomic E-state index is 6.20. The molecule has 0 bridgehead atoms. The molecule has 0 saturated carbocycles. The van der Waals surface area contributed by atoms with Crippen molar-refractivity contribution in [1.82, 2.24) is 15.2 Å². The highest BCUT2D eigenvalue weighted by Crippen LogP contribution is 2.28. The molecule has 1 atom stereocenters. The van der Waals surface area contributed by atoms with Crippen LogP contribution in [0.5, 0.6) is 0 Å². The van der Waals surface area contributed by atoms with Gasteiger partial charge in [0, 0.05) is 16.0 Å². The van der Waals surface area contributed by atoms with Crippen LogP contribution in [0.1, 0.15) is 12.5 Å². The van der Waals surface area contributed by atoms with Gasteiger partial charge >= 0.3 is 0 Å². The Morgan fingerprint density at radius 3 is 2.94 bits per heavy atom. The molecule has 0 saturated heterocycles. The number of nitrogens with one attached hydrogen (secondary N) is 1. The Hall–Kier alpha value is -1.04. The molecule has 1 aromatic heterocycles. The van der Waals surface area contributed by atoms with Crippen molar-refractivity contribution in [2.75, 3.05) is 0 Å². The zero-order chi connectivity index (χ0) is 12.3. The van der Waals surface area contributed by atoms with Gasteiger partial charge in [-0.15, -0.1) is 0 Å². The molecule has 6 heteroatoms. The first-order valence-corrected chi connectivity index (χ1v) is 6.42. The molecular weight excluding hydrogens is 256 g/mol.